The molecule has 31 heavy (non-hydrogen) atoms. The van der Waals surface area contributed by atoms with E-state index in [0.717, 1.165) is 55.0 Å². The van der Waals surface area contributed by atoms with Gasteiger partial charge in [-0.15, -0.1) is 0 Å². The molecule has 144 valence electrons. The smallest absolute Gasteiger partial charge is 0.144 e. The molecule has 0 spiro atoms. The van der Waals surface area contributed by atoms with Crippen LogP contribution in [0.3, 0.4) is 0 Å². The van der Waals surface area contributed by atoms with Crippen molar-refractivity contribution in [3.05, 3.63) is 97.2 Å². The van der Waals surface area contributed by atoms with Gasteiger partial charge >= 0.3 is 0 Å². The van der Waals surface area contributed by atoms with Gasteiger partial charge in [0.1, 0.15) is 11.2 Å². The fraction of sp³-hybridized carbons (Fsp3) is 0. The molecule has 0 saturated carbocycles. The van der Waals surface area contributed by atoms with E-state index in [2.05, 4.69) is 72.8 Å². The van der Waals surface area contributed by atoms with E-state index in [4.69, 9.17) is 14.4 Å². The van der Waals surface area contributed by atoms with Crippen LogP contribution in [0.1, 0.15) is 0 Å². The van der Waals surface area contributed by atoms with Gasteiger partial charge in [-0.3, -0.25) is 4.98 Å². The molecule has 0 radical (unpaired) electrons. The van der Waals surface area contributed by atoms with E-state index < -0.39 is 0 Å². The maximum absolute atomic E-state index is 6.24. The van der Waals surface area contributed by atoms with E-state index in [1.807, 2.05) is 24.4 Å². The highest BCUT2D eigenvalue weighted by Crippen LogP contribution is 2.37. The minimum atomic E-state index is 0.817. The second kappa shape index (κ2) is 6.13. The van der Waals surface area contributed by atoms with E-state index in [-0.39, 0.29) is 0 Å². The van der Waals surface area contributed by atoms with Crippen LogP contribution in [0.15, 0.2) is 102 Å². The lowest BCUT2D eigenvalue weighted by atomic mass is 9.99. The summed E-state index contributed by atoms with van der Waals surface area (Å²) < 4.78 is 6.24. The molecule has 0 fully saturated rings. The lowest BCUT2D eigenvalue weighted by Crippen LogP contribution is -1.92. The molecule has 2 aromatic heterocycles. The van der Waals surface area contributed by atoms with Gasteiger partial charge in [-0.2, -0.15) is 0 Å². The lowest BCUT2D eigenvalue weighted by Gasteiger charge is -2.10. The molecule has 3 heteroatoms. The van der Waals surface area contributed by atoms with Gasteiger partial charge in [0.2, 0.25) is 0 Å². The summed E-state index contributed by atoms with van der Waals surface area (Å²) in [5.41, 5.74) is 5.35. The summed E-state index contributed by atoms with van der Waals surface area (Å²) >= 11 is 0. The molecule has 0 bridgehead atoms. The molecule has 7 aromatic rings. The maximum atomic E-state index is 6.24. The van der Waals surface area contributed by atoms with Crippen LogP contribution in [0.25, 0.3) is 65.8 Å². The Morgan fingerprint density at radius 3 is 1.90 bits per heavy atom. The first-order chi connectivity index (χ1) is 15.4. The number of hydrogen-bond acceptors (Lipinski definition) is 3. The van der Waals surface area contributed by atoms with Crippen LogP contribution < -0.4 is 0 Å². The van der Waals surface area contributed by atoms with Crippen LogP contribution in [-0.4, -0.2) is 9.97 Å². The number of para-hydroxylation sites is 2. The van der Waals surface area contributed by atoms with Gasteiger partial charge in [0.05, 0.1) is 22.9 Å². The molecule has 0 aliphatic rings. The monoisotopic (exact) mass is 396 g/mol. The van der Waals surface area contributed by atoms with E-state index in [9.17, 15) is 0 Å². The molecule has 2 heterocycles. The number of hydrogen-bond donors (Lipinski definition) is 0. The zero-order valence-electron chi connectivity index (χ0n) is 16.5. The average molecular weight is 396 g/mol. The quantitative estimate of drug-likeness (QED) is 0.270. The third-order valence-corrected chi connectivity index (χ3v) is 6.11. The van der Waals surface area contributed by atoms with Crippen LogP contribution in [0.5, 0.6) is 0 Å². The molecule has 0 saturated heterocycles. The number of benzene rings is 5. The van der Waals surface area contributed by atoms with Gasteiger partial charge in [0.15, 0.2) is 0 Å². The van der Waals surface area contributed by atoms with Gasteiger partial charge in [-0.05, 0) is 22.9 Å². The molecule has 0 aliphatic carbocycles. The van der Waals surface area contributed by atoms with Gasteiger partial charge in [0.25, 0.3) is 0 Å². The predicted octanol–water partition coefficient (Wildman–Crippen LogP) is 7.50. The molecule has 0 aliphatic heterocycles. The van der Waals surface area contributed by atoms with E-state index in [0.29, 0.717) is 0 Å². The Hall–Kier alpha value is -4.24. The fourth-order valence-corrected chi connectivity index (χ4v) is 4.70. The summed E-state index contributed by atoms with van der Waals surface area (Å²) in [4.78, 5) is 10.0. The molecule has 0 amide bonds. The first-order valence-corrected chi connectivity index (χ1v) is 10.4. The lowest BCUT2D eigenvalue weighted by molar-refractivity contribution is 0.670. The highest BCUT2D eigenvalue weighted by Gasteiger charge is 2.15. The largest absolute Gasteiger partial charge is 0.455 e. The second-order valence-electron chi connectivity index (χ2n) is 7.82. The third kappa shape index (κ3) is 2.29. The summed E-state index contributed by atoms with van der Waals surface area (Å²) in [7, 11) is 0. The predicted molar refractivity (Wildman–Crippen MR) is 127 cm³/mol. The Morgan fingerprint density at radius 1 is 0.516 bits per heavy atom. The topological polar surface area (TPSA) is 38.9 Å². The number of nitrogens with zero attached hydrogens (tertiary/aromatic N) is 2. The molecule has 0 N–H and O–H groups in total. The van der Waals surface area contributed by atoms with Gasteiger partial charge in [-0.1, -0.05) is 78.9 Å². The van der Waals surface area contributed by atoms with Crippen LogP contribution >= 0.6 is 0 Å². The van der Waals surface area contributed by atoms with Crippen molar-refractivity contribution in [1.29, 1.82) is 0 Å². The van der Waals surface area contributed by atoms with Crippen LogP contribution in [-0.2, 0) is 0 Å². The number of fused-ring (bicyclic) bond motifs is 9. The van der Waals surface area contributed by atoms with Crippen LogP contribution in [0.4, 0.5) is 0 Å². The van der Waals surface area contributed by atoms with Crippen molar-refractivity contribution in [2.45, 2.75) is 0 Å². The van der Waals surface area contributed by atoms with E-state index in [1.165, 1.54) is 10.8 Å². The minimum absolute atomic E-state index is 0.817. The van der Waals surface area contributed by atoms with Gasteiger partial charge < -0.3 is 4.42 Å². The standard InChI is InChI=1S/C28H16N2O/c1-3-11-20-17(8-1)18-9-2-4-12-21(18)27-26(20)29-16-24(30-27)23-14-7-13-22-19-10-5-6-15-25(19)31-28(22)23/h1-16H. The summed E-state index contributed by atoms with van der Waals surface area (Å²) in [6, 6.07) is 31.2. The van der Waals surface area contributed by atoms with Crippen LogP contribution in [0, 0.1) is 0 Å². The molecule has 0 atom stereocenters. The Labute approximate surface area is 177 Å². The number of aromatic nitrogens is 2. The summed E-state index contributed by atoms with van der Waals surface area (Å²) in [5.74, 6) is 0. The van der Waals surface area contributed by atoms with Gasteiger partial charge in [-0.25, -0.2) is 4.98 Å². The fourth-order valence-electron chi connectivity index (χ4n) is 4.70. The zero-order chi connectivity index (χ0) is 20.4. The first kappa shape index (κ1) is 16.5. The molecule has 5 aromatic carbocycles. The molecule has 0 unspecified atom stereocenters. The van der Waals surface area contributed by atoms with Crippen molar-refractivity contribution < 1.29 is 4.42 Å². The summed E-state index contributed by atoms with van der Waals surface area (Å²) in [6.07, 6.45) is 1.87. The molecular weight excluding hydrogens is 380 g/mol. The average Bonchev–Trinajstić information content (AvgIpc) is 3.23. The summed E-state index contributed by atoms with van der Waals surface area (Å²) in [5, 5.41) is 6.84. The second-order valence-corrected chi connectivity index (χ2v) is 7.82. The molecule has 7 rings (SSSR count). The third-order valence-electron chi connectivity index (χ3n) is 6.11. The maximum Gasteiger partial charge on any atom is 0.144 e. The number of rotatable bonds is 1. The summed E-state index contributed by atoms with van der Waals surface area (Å²) in [6.45, 7) is 0. The van der Waals surface area contributed by atoms with Crippen molar-refractivity contribution in [3.8, 4) is 11.3 Å². The highest BCUT2D eigenvalue weighted by molar-refractivity contribution is 6.23. The Bertz CT molecular complexity index is 1760. The van der Waals surface area contributed by atoms with E-state index >= 15 is 0 Å². The van der Waals surface area contributed by atoms with E-state index in [1.54, 1.807) is 0 Å². The molecular formula is C28H16N2O. The van der Waals surface area contributed by atoms with Crippen molar-refractivity contribution in [2.24, 2.45) is 0 Å². The Morgan fingerprint density at radius 2 is 1.13 bits per heavy atom. The van der Waals surface area contributed by atoms with Gasteiger partial charge in [0, 0.05) is 27.1 Å². The molecule has 3 nitrogen and oxygen atoms in total. The first-order valence-electron chi connectivity index (χ1n) is 10.4. The Kier molecular flexibility index (Phi) is 3.27. The van der Waals surface area contributed by atoms with Crippen molar-refractivity contribution in [3.63, 3.8) is 0 Å². The number of furan rings is 1. The van der Waals surface area contributed by atoms with Crippen molar-refractivity contribution in [2.75, 3.05) is 0 Å². The minimum Gasteiger partial charge on any atom is -0.455 e. The van der Waals surface area contributed by atoms with Crippen molar-refractivity contribution in [1.82, 2.24) is 9.97 Å². The highest BCUT2D eigenvalue weighted by atomic mass is 16.3. The van der Waals surface area contributed by atoms with Crippen LogP contribution in [0.2, 0.25) is 0 Å². The Balaban J connectivity index is 1.60. The SMILES string of the molecule is c1ccc2c(c1)oc1c(-c3cnc4c5ccccc5c5ccccc5c4n3)cccc12. The zero-order valence-corrected chi connectivity index (χ0v) is 16.5. The normalized spacial score (nSPS) is 11.9. The van der Waals surface area contributed by atoms with Crippen molar-refractivity contribution >= 4 is 54.5 Å².